The zero-order valence-corrected chi connectivity index (χ0v) is 5.01. The van der Waals surface area contributed by atoms with Gasteiger partial charge < -0.3 is 0 Å². The summed E-state index contributed by atoms with van der Waals surface area (Å²) in [6.07, 6.45) is 3.30. The van der Waals surface area contributed by atoms with Gasteiger partial charge in [0, 0.05) is 12.4 Å². The Kier molecular flexibility index (Phi) is 4.31. The number of aromatic nitrogens is 1. The van der Waals surface area contributed by atoms with Crippen LogP contribution in [0.25, 0.3) is 0 Å². The summed E-state index contributed by atoms with van der Waals surface area (Å²) in [6.45, 7) is 0. The maximum absolute atomic E-state index is 10.3. The summed E-state index contributed by atoms with van der Waals surface area (Å²) < 4.78 is 1.39. The Labute approximate surface area is 80.9 Å². The third-order valence-corrected chi connectivity index (χ3v) is 1.06. The molecule has 0 aliphatic rings. The van der Waals surface area contributed by atoms with Gasteiger partial charge in [0.05, 0.1) is 0 Å². The monoisotopic (exact) mass is 151 g/mol. The van der Waals surface area contributed by atoms with Crippen LogP contribution in [-0.4, -0.2) is 39.4 Å². The SMILES string of the molecule is O=C(S)n1cccc1.[NaH]. The third-order valence-electron chi connectivity index (χ3n) is 0.825. The van der Waals surface area contributed by atoms with Gasteiger partial charge in [0.1, 0.15) is 0 Å². The number of hydrogen-bond acceptors (Lipinski definition) is 1. The van der Waals surface area contributed by atoms with E-state index in [4.69, 9.17) is 0 Å². The zero-order chi connectivity index (χ0) is 5.98. The molecule has 0 aliphatic heterocycles. The fourth-order valence-corrected chi connectivity index (χ4v) is 0.595. The van der Waals surface area contributed by atoms with Crippen molar-refractivity contribution >= 4 is 47.4 Å². The van der Waals surface area contributed by atoms with Gasteiger partial charge in [-0.05, 0) is 12.1 Å². The predicted octanol–water partition coefficient (Wildman–Crippen LogP) is 0.737. The Morgan fingerprint density at radius 2 is 1.78 bits per heavy atom. The molecule has 0 fully saturated rings. The minimum absolute atomic E-state index is 0. The van der Waals surface area contributed by atoms with Gasteiger partial charge in [0.25, 0.3) is 5.24 Å². The first-order valence-corrected chi connectivity index (χ1v) is 2.61. The molecule has 44 valence electrons. The molecule has 2 nitrogen and oxygen atoms in total. The number of rotatable bonds is 0. The van der Waals surface area contributed by atoms with E-state index in [0.29, 0.717) is 0 Å². The van der Waals surface area contributed by atoms with Crippen LogP contribution in [0, 0.1) is 0 Å². The van der Waals surface area contributed by atoms with Crippen LogP contribution < -0.4 is 0 Å². The fraction of sp³-hybridized carbons (Fsp3) is 0. The summed E-state index contributed by atoms with van der Waals surface area (Å²) in [5.41, 5.74) is 0. The molecule has 1 aromatic heterocycles. The van der Waals surface area contributed by atoms with Crippen molar-refractivity contribution in [3.05, 3.63) is 24.5 Å². The molecule has 0 atom stereocenters. The first-order chi connectivity index (χ1) is 3.80. The first-order valence-electron chi connectivity index (χ1n) is 2.17. The molecule has 0 unspecified atom stereocenters. The van der Waals surface area contributed by atoms with Crippen LogP contribution in [0.4, 0.5) is 4.79 Å². The number of thiol groups is 1. The number of hydrogen-bond donors (Lipinski definition) is 1. The summed E-state index contributed by atoms with van der Waals surface area (Å²) >= 11 is 3.58. The minimum atomic E-state index is -0.255. The van der Waals surface area contributed by atoms with Crippen molar-refractivity contribution in [2.45, 2.75) is 0 Å². The van der Waals surface area contributed by atoms with E-state index in [1.165, 1.54) is 4.57 Å². The van der Waals surface area contributed by atoms with Gasteiger partial charge in [0.2, 0.25) is 0 Å². The molecule has 4 heteroatoms. The second kappa shape index (κ2) is 4.17. The summed E-state index contributed by atoms with van der Waals surface area (Å²) in [5, 5.41) is -0.255. The van der Waals surface area contributed by atoms with Crippen molar-refractivity contribution in [3.8, 4) is 0 Å². The Morgan fingerprint density at radius 1 is 1.33 bits per heavy atom. The van der Waals surface area contributed by atoms with Crippen molar-refractivity contribution < 1.29 is 4.79 Å². The second-order valence-electron chi connectivity index (χ2n) is 1.37. The molecule has 0 aromatic carbocycles. The molecule has 9 heavy (non-hydrogen) atoms. The van der Waals surface area contributed by atoms with Crippen LogP contribution in [0.15, 0.2) is 24.5 Å². The maximum atomic E-state index is 10.3. The van der Waals surface area contributed by atoms with Crippen molar-refractivity contribution in [1.29, 1.82) is 0 Å². The van der Waals surface area contributed by atoms with Gasteiger partial charge in [0.15, 0.2) is 0 Å². The quantitative estimate of drug-likeness (QED) is 0.428. The van der Waals surface area contributed by atoms with E-state index in [1.807, 2.05) is 0 Å². The number of carbonyl (C=O) groups is 1. The molecule has 0 amide bonds. The average Bonchev–Trinajstić information content (AvgIpc) is 2.12. The summed E-state index contributed by atoms with van der Waals surface area (Å²) in [7, 11) is 0. The number of carbonyl (C=O) groups excluding carboxylic acids is 1. The van der Waals surface area contributed by atoms with Crippen molar-refractivity contribution in [2.24, 2.45) is 0 Å². The van der Waals surface area contributed by atoms with Gasteiger partial charge in [-0.2, -0.15) is 0 Å². The molecule has 0 N–H and O–H groups in total. The first kappa shape index (κ1) is 9.30. The van der Waals surface area contributed by atoms with Crippen LogP contribution in [0.3, 0.4) is 0 Å². The molecule has 0 saturated carbocycles. The van der Waals surface area contributed by atoms with Crippen molar-refractivity contribution in [2.75, 3.05) is 0 Å². The van der Waals surface area contributed by atoms with Crippen molar-refractivity contribution in [1.82, 2.24) is 4.57 Å². The van der Waals surface area contributed by atoms with E-state index in [2.05, 4.69) is 12.6 Å². The standard InChI is InChI=1S/C5H5NOS.Na.H/c7-5(8)6-3-1-2-4-6;;/h1-4H,(H,7,8);;. The van der Waals surface area contributed by atoms with E-state index in [0.717, 1.165) is 0 Å². The third kappa shape index (κ3) is 2.58. The Morgan fingerprint density at radius 3 is 2.00 bits per heavy atom. The van der Waals surface area contributed by atoms with E-state index >= 15 is 0 Å². The molecule has 1 rings (SSSR count). The molecule has 1 aromatic rings. The van der Waals surface area contributed by atoms with Gasteiger partial charge in [-0.1, -0.05) is 12.6 Å². The van der Waals surface area contributed by atoms with Crippen LogP contribution in [0.2, 0.25) is 0 Å². The Balaban J connectivity index is 0.000000640. The van der Waals surface area contributed by atoms with Crippen LogP contribution >= 0.6 is 12.6 Å². The fourth-order valence-electron chi connectivity index (χ4n) is 0.462. The second-order valence-corrected chi connectivity index (χ2v) is 1.76. The van der Waals surface area contributed by atoms with Crippen LogP contribution in [0.1, 0.15) is 0 Å². The molecule has 0 aliphatic carbocycles. The van der Waals surface area contributed by atoms with Gasteiger partial charge in [-0.3, -0.25) is 9.36 Å². The van der Waals surface area contributed by atoms with Crippen molar-refractivity contribution in [3.63, 3.8) is 0 Å². The zero-order valence-electron chi connectivity index (χ0n) is 4.11. The molecular formula is C5H6NNaOS. The van der Waals surface area contributed by atoms with Gasteiger partial charge in [-0.15, -0.1) is 0 Å². The normalized spacial score (nSPS) is 8.11. The number of nitrogens with zero attached hydrogens (tertiary/aromatic N) is 1. The average molecular weight is 151 g/mol. The molecule has 0 saturated heterocycles. The topological polar surface area (TPSA) is 22.0 Å². The summed E-state index contributed by atoms with van der Waals surface area (Å²) in [4.78, 5) is 10.3. The van der Waals surface area contributed by atoms with E-state index in [9.17, 15) is 4.79 Å². The molecular weight excluding hydrogens is 145 g/mol. The summed E-state index contributed by atoms with van der Waals surface area (Å²) in [5.74, 6) is 0. The van der Waals surface area contributed by atoms with E-state index in [-0.39, 0.29) is 34.8 Å². The van der Waals surface area contributed by atoms with Crippen LogP contribution in [-0.2, 0) is 0 Å². The Bertz CT molecular complexity index is 185. The van der Waals surface area contributed by atoms with Crippen LogP contribution in [0.5, 0.6) is 0 Å². The molecule has 0 bridgehead atoms. The molecule has 1 heterocycles. The molecule has 0 radical (unpaired) electrons. The Hall–Kier alpha value is 0.300. The molecule has 0 spiro atoms. The van der Waals surface area contributed by atoms with E-state index < -0.39 is 0 Å². The predicted molar refractivity (Wildman–Crippen MR) is 41.4 cm³/mol. The van der Waals surface area contributed by atoms with Gasteiger partial charge >= 0.3 is 29.6 Å². The summed E-state index contributed by atoms with van der Waals surface area (Å²) in [6, 6.07) is 3.54. The van der Waals surface area contributed by atoms with E-state index in [1.54, 1.807) is 24.5 Å². The van der Waals surface area contributed by atoms with Gasteiger partial charge in [-0.25, -0.2) is 0 Å².